The van der Waals surface area contributed by atoms with Crippen LogP contribution in [0.1, 0.15) is 72.6 Å². The Morgan fingerprint density at radius 1 is 1.13 bits per heavy atom. The highest BCUT2D eigenvalue weighted by atomic mass is 35.5. The largest absolute Gasteiger partial charge is 0.509 e. The number of hydrogen-bond acceptors (Lipinski definition) is 9. The summed E-state index contributed by atoms with van der Waals surface area (Å²) >= 11 is 5.90. The third-order valence-electron chi connectivity index (χ3n) is 11.3. The van der Waals surface area contributed by atoms with Crippen LogP contribution in [0.4, 0.5) is 9.18 Å². The molecule has 46 heavy (non-hydrogen) atoms. The van der Waals surface area contributed by atoms with E-state index >= 15 is 4.39 Å². The third kappa shape index (κ3) is 5.35. The first-order valence-electron chi connectivity index (χ1n) is 15.9. The lowest BCUT2D eigenvalue weighted by Crippen LogP contribution is -2.70. The van der Waals surface area contributed by atoms with Gasteiger partial charge >= 0.3 is 6.16 Å². The number of aliphatic hydroxyl groups is 1. The molecule has 4 aliphatic carbocycles. The zero-order chi connectivity index (χ0) is 33.7. The molecule has 252 valence electrons. The standard InChI is InChI=1S/C34H42ClFO9S/c1-5-6-7-16-43-30(40)45-34(29(39)20-44-46(41,42)25-11-9-23(35)10-12-25)21(2)17-27-26-13-8-22-18-24(37)14-15-31(22,3)33(26,36)28(38)19-32(27,34)4/h9-12,14-15,18,21,26-28,38H,5-8,13,16-17,19-20H2,1-4H3/t21-,26+,27+,28+,31+,32+,33+,34+/m1/s1. The molecule has 0 amide bonds. The average molecular weight is 681 g/mol. The fourth-order valence-electron chi connectivity index (χ4n) is 8.97. The van der Waals surface area contributed by atoms with E-state index < -0.39 is 74.6 Å². The van der Waals surface area contributed by atoms with E-state index in [9.17, 15) is 27.9 Å². The van der Waals surface area contributed by atoms with Gasteiger partial charge in [-0.3, -0.25) is 13.8 Å². The topological polar surface area (TPSA) is 133 Å². The van der Waals surface area contributed by atoms with Crippen LogP contribution in [0.2, 0.25) is 5.02 Å². The SMILES string of the molecule is CCCCCOC(=O)O[C@]1(C(=O)COS(=O)(=O)c2ccc(Cl)cc2)[C@H](C)C[C@H]2[C@@H]3CCC4=CC(=O)C=C[C@]4(C)[C@@]3(F)[C@@H](O)C[C@@]21C. The highest BCUT2D eigenvalue weighted by Gasteiger charge is 2.77. The molecule has 9 nitrogen and oxygen atoms in total. The number of fused-ring (bicyclic) bond motifs is 5. The van der Waals surface area contributed by atoms with E-state index in [1.54, 1.807) is 26.8 Å². The third-order valence-corrected chi connectivity index (χ3v) is 12.8. The molecule has 0 saturated heterocycles. The molecule has 0 radical (unpaired) electrons. The smallest absolute Gasteiger partial charge is 0.434 e. The maximum atomic E-state index is 17.7. The molecule has 0 unspecified atom stereocenters. The van der Waals surface area contributed by atoms with Crippen molar-refractivity contribution in [2.45, 2.75) is 94.9 Å². The van der Waals surface area contributed by atoms with Gasteiger partial charge in [-0.2, -0.15) is 8.42 Å². The minimum atomic E-state index is -4.41. The fraction of sp³-hybridized carbons (Fsp3) is 0.618. The Morgan fingerprint density at radius 2 is 1.83 bits per heavy atom. The Morgan fingerprint density at radius 3 is 2.50 bits per heavy atom. The number of rotatable bonds is 10. The summed E-state index contributed by atoms with van der Waals surface area (Å²) in [6, 6.07) is 5.24. The van der Waals surface area contributed by atoms with Gasteiger partial charge in [-0.25, -0.2) is 9.18 Å². The van der Waals surface area contributed by atoms with E-state index in [1.807, 2.05) is 6.92 Å². The first kappa shape index (κ1) is 34.7. The number of unbranched alkanes of at least 4 members (excludes halogenated alkanes) is 2. The molecule has 0 spiro atoms. The van der Waals surface area contributed by atoms with Gasteiger partial charge in [0.2, 0.25) is 5.78 Å². The molecule has 4 aliphatic rings. The second kappa shape index (κ2) is 12.5. The average Bonchev–Trinajstić information content (AvgIpc) is 3.21. The Labute approximate surface area is 274 Å². The van der Waals surface area contributed by atoms with E-state index in [1.165, 1.54) is 36.4 Å². The van der Waals surface area contributed by atoms with Crippen LogP contribution in [-0.4, -0.2) is 61.8 Å². The van der Waals surface area contributed by atoms with Crippen molar-refractivity contribution < 1.29 is 46.0 Å². The number of alkyl halides is 1. The summed E-state index contributed by atoms with van der Waals surface area (Å²) in [6.07, 6.45) is 4.61. The maximum Gasteiger partial charge on any atom is 0.509 e. The number of carbonyl (C=O) groups is 3. The molecule has 1 aromatic rings. The molecule has 0 aromatic heterocycles. The van der Waals surface area contributed by atoms with E-state index in [2.05, 4.69) is 0 Å². The lowest BCUT2D eigenvalue weighted by Gasteiger charge is -2.62. The van der Waals surface area contributed by atoms with Crippen LogP contribution in [0.15, 0.2) is 53.0 Å². The number of benzene rings is 1. The number of carbonyl (C=O) groups excluding carboxylic acids is 3. The normalized spacial score (nSPS) is 36.7. The molecular weight excluding hydrogens is 639 g/mol. The van der Waals surface area contributed by atoms with E-state index in [0.29, 0.717) is 29.9 Å². The summed E-state index contributed by atoms with van der Waals surface area (Å²) in [6.45, 7) is 6.20. The van der Waals surface area contributed by atoms with Gasteiger partial charge in [0.05, 0.1) is 17.6 Å². The van der Waals surface area contributed by atoms with E-state index in [4.69, 9.17) is 25.3 Å². The highest BCUT2D eigenvalue weighted by molar-refractivity contribution is 7.86. The van der Waals surface area contributed by atoms with E-state index in [0.717, 1.165) is 12.8 Å². The molecule has 1 N–H and O–H groups in total. The van der Waals surface area contributed by atoms with Crippen molar-refractivity contribution in [1.29, 1.82) is 0 Å². The minimum Gasteiger partial charge on any atom is -0.434 e. The van der Waals surface area contributed by atoms with Crippen LogP contribution in [0.3, 0.4) is 0 Å². The number of Topliss-reactive ketones (excluding diaryl/α,β-unsaturated/α-hetero) is 1. The number of halogens is 2. The molecule has 12 heteroatoms. The number of hydrogen-bond donors (Lipinski definition) is 1. The quantitative estimate of drug-likeness (QED) is 0.171. The van der Waals surface area contributed by atoms with Crippen molar-refractivity contribution in [1.82, 2.24) is 0 Å². The minimum absolute atomic E-state index is 0.0598. The Hall–Kier alpha value is -2.60. The predicted octanol–water partition coefficient (Wildman–Crippen LogP) is 6.31. The number of aliphatic hydroxyl groups excluding tert-OH is 1. The molecule has 0 aliphatic heterocycles. The van der Waals surface area contributed by atoms with Crippen molar-refractivity contribution in [2.24, 2.45) is 28.6 Å². The summed E-state index contributed by atoms with van der Waals surface area (Å²) in [7, 11) is -4.41. The van der Waals surface area contributed by atoms with Crippen LogP contribution in [0.25, 0.3) is 0 Å². The van der Waals surface area contributed by atoms with Crippen molar-refractivity contribution in [2.75, 3.05) is 13.2 Å². The molecule has 1 aromatic carbocycles. The molecule has 8 atom stereocenters. The molecule has 0 bridgehead atoms. The van der Waals surface area contributed by atoms with Crippen LogP contribution in [0.5, 0.6) is 0 Å². The fourth-order valence-corrected chi connectivity index (χ4v) is 9.97. The summed E-state index contributed by atoms with van der Waals surface area (Å²) < 4.78 is 60.4. The zero-order valence-corrected chi connectivity index (χ0v) is 28.2. The van der Waals surface area contributed by atoms with Gasteiger partial charge < -0.3 is 14.6 Å². The molecular formula is C34H42ClFO9S. The van der Waals surface area contributed by atoms with Crippen molar-refractivity contribution in [3.05, 3.63) is 53.1 Å². The van der Waals surface area contributed by atoms with Gasteiger partial charge in [-0.1, -0.05) is 56.9 Å². The van der Waals surface area contributed by atoms with Crippen LogP contribution in [-0.2, 0) is 33.4 Å². The zero-order valence-electron chi connectivity index (χ0n) is 26.6. The van der Waals surface area contributed by atoms with Crippen LogP contribution in [0, 0.1) is 28.6 Å². The monoisotopic (exact) mass is 680 g/mol. The van der Waals surface area contributed by atoms with Gasteiger partial charge in [0, 0.05) is 27.7 Å². The van der Waals surface area contributed by atoms with Gasteiger partial charge in [-0.05, 0) is 81.4 Å². The van der Waals surface area contributed by atoms with Crippen molar-refractivity contribution >= 4 is 39.4 Å². The summed E-state index contributed by atoms with van der Waals surface area (Å²) in [5.74, 6) is -3.07. The van der Waals surface area contributed by atoms with Crippen LogP contribution < -0.4 is 0 Å². The first-order chi connectivity index (χ1) is 21.6. The second-order valence-corrected chi connectivity index (χ2v) is 15.7. The lowest BCUT2D eigenvalue weighted by molar-refractivity contribution is -0.221. The molecule has 3 saturated carbocycles. The van der Waals surface area contributed by atoms with E-state index in [-0.39, 0.29) is 30.1 Å². The predicted molar refractivity (Wildman–Crippen MR) is 167 cm³/mol. The molecule has 5 rings (SSSR count). The van der Waals surface area contributed by atoms with Gasteiger partial charge in [-0.15, -0.1) is 0 Å². The lowest BCUT2D eigenvalue weighted by atomic mass is 9.44. The maximum absolute atomic E-state index is 17.7. The molecule has 3 fully saturated rings. The van der Waals surface area contributed by atoms with Gasteiger partial charge in [0.1, 0.15) is 6.61 Å². The molecule has 0 heterocycles. The van der Waals surface area contributed by atoms with Crippen molar-refractivity contribution in [3.63, 3.8) is 0 Å². The van der Waals surface area contributed by atoms with Crippen molar-refractivity contribution in [3.8, 4) is 0 Å². The number of ether oxygens (including phenoxy) is 2. The summed E-state index contributed by atoms with van der Waals surface area (Å²) in [5.41, 5.74) is -6.12. The highest BCUT2D eigenvalue weighted by Crippen LogP contribution is 2.71. The Bertz CT molecular complexity index is 1560. The first-order valence-corrected chi connectivity index (χ1v) is 17.7. The summed E-state index contributed by atoms with van der Waals surface area (Å²) in [5, 5.41) is 12.1. The Kier molecular flexibility index (Phi) is 9.40. The second-order valence-electron chi connectivity index (χ2n) is 13.6. The Balaban J connectivity index is 1.52. The van der Waals surface area contributed by atoms with Gasteiger partial charge in [0.15, 0.2) is 17.1 Å². The summed E-state index contributed by atoms with van der Waals surface area (Å²) in [4.78, 5) is 39.6. The van der Waals surface area contributed by atoms with Gasteiger partial charge in [0.25, 0.3) is 10.1 Å². The number of allylic oxidation sites excluding steroid dienone is 4. The number of ketones is 2. The van der Waals surface area contributed by atoms with Crippen LogP contribution >= 0.6 is 11.6 Å².